The van der Waals surface area contributed by atoms with E-state index in [1.807, 2.05) is 0 Å². The average Bonchev–Trinajstić information content (AvgIpc) is 3.02. The highest BCUT2D eigenvalue weighted by molar-refractivity contribution is 7.86. The summed E-state index contributed by atoms with van der Waals surface area (Å²) in [5.74, 6) is 7.74. The fraction of sp³-hybridized carbons (Fsp3) is 0.618. The number of alkyl carbamates (subject to hydrolysis) is 1. The van der Waals surface area contributed by atoms with Crippen LogP contribution in [0.3, 0.4) is 0 Å². The van der Waals surface area contributed by atoms with Gasteiger partial charge < -0.3 is 33.7 Å². The van der Waals surface area contributed by atoms with E-state index < -0.39 is 71.6 Å². The zero-order valence-electron chi connectivity index (χ0n) is 32.4. The van der Waals surface area contributed by atoms with Crippen LogP contribution in [0.2, 0.25) is 0 Å². The van der Waals surface area contributed by atoms with Crippen LogP contribution in [0, 0.1) is 23.7 Å². The van der Waals surface area contributed by atoms with Gasteiger partial charge in [-0.2, -0.15) is 16.8 Å². The topological polar surface area (TPSA) is 279 Å². The van der Waals surface area contributed by atoms with E-state index in [9.17, 15) is 40.3 Å². The van der Waals surface area contributed by atoms with E-state index in [1.54, 1.807) is 48.5 Å². The Balaban J connectivity index is 0.00000718. The van der Waals surface area contributed by atoms with Crippen LogP contribution in [0.1, 0.15) is 102 Å². The summed E-state index contributed by atoms with van der Waals surface area (Å²) >= 11 is 0. The van der Waals surface area contributed by atoms with E-state index in [-0.39, 0.29) is 86.0 Å². The van der Waals surface area contributed by atoms with Gasteiger partial charge in [-0.25, -0.2) is 9.59 Å². The Morgan fingerprint density at radius 3 is 1.61 bits per heavy atom. The molecule has 0 aliphatic rings. The van der Waals surface area contributed by atoms with Crippen LogP contribution >= 0.6 is 0 Å². The maximum absolute atomic E-state index is 13.4. The minimum Gasteiger partial charge on any atom is -0.491 e. The predicted octanol–water partition coefficient (Wildman–Crippen LogP) is 2.92. The van der Waals surface area contributed by atoms with E-state index in [2.05, 4.69) is 29.0 Å². The van der Waals surface area contributed by atoms with Crippen LogP contribution in [-0.2, 0) is 49.9 Å². The second-order valence-electron chi connectivity index (χ2n) is 13.2. The summed E-state index contributed by atoms with van der Waals surface area (Å²) in [5.41, 5.74) is -2.04. The van der Waals surface area contributed by atoms with Gasteiger partial charge in [0.25, 0.3) is 20.2 Å². The van der Waals surface area contributed by atoms with Gasteiger partial charge in [-0.05, 0) is 60.8 Å². The zero-order chi connectivity index (χ0) is 43.3. The van der Waals surface area contributed by atoms with Crippen LogP contribution in [0.5, 0.6) is 17.2 Å². The van der Waals surface area contributed by atoms with Crippen molar-refractivity contribution < 1.29 is 81.4 Å². The van der Waals surface area contributed by atoms with Crippen LogP contribution in [0.15, 0.2) is 0 Å². The number of benzene rings is 1. The number of methoxy groups -OCH3 is 1. The number of hydrogen-bond donors (Lipinski definition) is 3. The molecule has 0 aliphatic carbocycles. The molecule has 0 heterocycles. The van der Waals surface area contributed by atoms with Gasteiger partial charge in [0.2, 0.25) is 0 Å². The third kappa shape index (κ3) is 24.0. The van der Waals surface area contributed by atoms with Crippen molar-refractivity contribution in [2.24, 2.45) is 0 Å². The van der Waals surface area contributed by atoms with Crippen molar-refractivity contribution in [1.82, 2.24) is 5.32 Å². The van der Waals surface area contributed by atoms with Crippen LogP contribution < -0.4 is 19.5 Å². The first-order chi connectivity index (χ1) is 25.7. The molecule has 0 saturated carbocycles. The number of ether oxygens (including phenoxy) is 6. The number of nitrogens with one attached hydrogen (secondary N) is 1. The summed E-state index contributed by atoms with van der Waals surface area (Å²) in [6.07, 6.45) is -0.853. The molecule has 0 bridgehead atoms. The first-order valence-electron chi connectivity index (χ1n) is 16.8. The number of rotatable bonds is 17. The number of amides is 1. The molecule has 1 amide bonds. The smallest absolute Gasteiger partial charge is 0.425 e. The van der Waals surface area contributed by atoms with Crippen molar-refractivity contribution in [2.75, 3.05) is 45.0 Å². The van der Waals surface area contributed by atoms with E-state index in [0.717, 1.165) is 7.11 Å². The minimum atomic E-state index is -4.37. The van der Waals surface area contributed by atoms with Crippen LogP contribution in [0.25, 0.3) is 0 Å². The molecule has 0 unspecified atom stereocenters. The molecule has 316 valence electrons. The Morgan fingerprint density at radius 1 is 0.732 bits per heavy atom. The summed E-state index contributed by atoms with van der Waals surface area (Å²) in [5, 5.41) is 2.46. The molecular formula is C34H49NO18S3. The number of hydrogen-bond acceptors (Lipinski definition) is 16. The lowest BCUT2D eigenvalue weighted by molar-refractivity contribution is -0.154. The van der Waals surface area contributed by atoms with Gasteiger partial charge in [0.05, 0.1) is 51.4 Å². The molecule has 0 fully saturated rings. The summed E-state index contributed by atoms with van der Waals surface area (Å²) < 4.78 is 123. The van der Waals surface area contributed by atoms with Crippen molar-refractivity contribution in [3.05, 3.63) is 16.7 Å². The van der Waals surface area contributed by atoms with Crippen LogP contribution in [0.4, 0.5) is 4.79 Å². The standard InChI is InChI=1S/C34H49NO15S2.O3S/c1-9-19-46-29-24(15-10-11-17-26(36)49-33(2,3)4)28(47-20-13-22-51(39,40)41)25(16-12-18-35-32(38)50-34(5,6)7)30(27(29)31(37)45-8)48-21-14-23-52(42,43)44;1-4(2)3/h9,11,13-14,17-23H2,1-8H3,(H,35,38)(H,39,40,41)(H,42,43,44);. The quantitative estimate of drug-likeness (QED) is 0.0668. The highest BCUT2D eigenvalue weighted by Gasteiger charge is 2.31. The summed E-state index contributed by atoms with van der Waals surface area (Å²) in [6.45, 7) is 11.0. The minimum absolute atomic E-state index is 0.00735. The predicted molar refractivity (Wildman–Crippen MR) is 199 cm³/mol. The third-order valence-electron chi connectivity index (χ3n) is 5.81. The molecule has 0 atom stereocenters. The number of esters is 2. The monoisotopic (exact) mass is 855 g/mol. The summed E-state index contributed by atoms with van der Waals surface area (Å²) in [6, 6.07) is 0. The maximum atomic E-state index is 13.4. The first-order valence-corrected chi connectivity index (χ1v) is 21.0. The Morgan fingerprint density at radius 2 is 1.18 bits per heavy atom. The van der Waals surface area contributed by atoms with Gasteiger partial charge in [0, 0.05) is 6.42 Å². The lowest BCUT2D eigenvalue weighted by Gasteiger charge is -2.22. The fourth-order valence-electron chi connectivity index (χ4n) is 3.94. The zero-order valence-corrected chi connectivity index (χ0v) is 34.9. The molecule has 22 heteroatoms. The largest absolute Gasteiger partial charge is 0.491 e. The molecule has 0 spiro atoms. The van der Waals surface area contributed by atoms with E-state index in [0.29, 0.717) is 6.42 Å². The average molecular weight is 856 g/mol. The molecule has 1 aromatic rings. The molecule has 0 radical (unpaired) electrons. The third-order valence-corrected chi connectivity index (χ3v) is 7.42. The molecule has 56 heavy (non-hydrogen) atoms. The summed E-state index contributed by atoms with van der Waals surface area (Å²) in [7, 11) is -10.8. The normalized spacial score (nSPS) is 11.2. The van der Waals surface area contributed by atoms with E-state index >= 15 is 0 Å². The number of carbonyl (C=O) groups excluding carboxylic acids is 3. The van der Waals surface area contributed by atoms with Gasteiger partial charge in [0.15, 0.2) is 17.2 Å². The lowest BCUT2D eigenvalue weighted by atomic mass is 9.99. The van der Waals surface area contributed by atoms with Crippen molar-refractivity contribution in [2.45, 2.75) is 91.8 Å². The van der Waals surface area contributed by atoms with Gasteiger partial charge in [-0.3, -0.25) is 13.9 Å². The Labute approximate surface area is 329 Å². The molecule has 1 aromatic carbocycles. The molecule has 0 aliphatic heterocycles. The molecule has 19 nitrogen and oxygen atoms in total. The molecule has 3 N–H and O–H groups in total. The van der Waals surface area contributed by atoms with Crippen molar-refractivity contribution in [3.8, 4) is 40.9 Å². The van der Waals surface area contributed by atoms with Crippen molar-refractivity contribution >= 4 is 48.9 Å². The van der Waals surface area contributed by atoms with Gasteiger partial charge in [0.1, 0.15) is 27.9 Å². The van der Waals surface area contributed by atoms with Crippen molar-refractivity contribution in [1.29, 1.82) is 0 Å². The maximum Gasteiger partial charge on any atom is 0.425 e. The van der Waals surface area contributed by atoms with Crippen LogP contribution in [-0.4, -0.2) is 113 Å². The van der Waals surface area contributed by atoms with E-state index in [4.69, 9.17) is 41.0 Å². The van der Waals surface area contributed by atoms with Crippen molar-refractivity contribution in [3.63, 3.8) is 0 Å². The van der Waals surface area contributed by atoms with Gasteiger partial charge >= 0.3 is 28.6 Å². The Bertz CT molecular complexity index is 1970. The SMILES string of the molecule is CCCOc1c(C#CCCC(=O)OC(C)(C)C)c(OCCCS(=O)(=O)O)c(C#CCNC(=O)OC(C)(C)C)c(OCCCS(=O)(=O)O)c1C(=O)OC.O=S(=O)=O. The molecule has 0 aromatic heterocycles. The second-order valence-corrected chi connectivity index (χ2v) is 16.7. The highest BCUT2D eigenvalue weighted by Crippen LogP contribution is 2.44. The Kier molecular flexibility index (Phi) is 22.1. The molecule has 1 rings (SSSR count). The highest BCUT2D eigenvalue weighted by atomic mass is 32.2. The van der Waals surface area contributed by atoms with E-state index in [1.165, 1.54) is 0 Å². The fourth-order valence-corrected chi connectivity index (χ4v) is 4.90. The molecular weight excluding hydrogens is 807 g/mol. The Hall–Kier alpha value is -4.61. The molecule has 0 saturated heterocycles. The second kappa shape index (κ2) is 24.1. The van der Waals surface area contributed by atoms with Gasteiger partial charge in [-0.15, -0.1) is 12.6 Å². The lowest BCUT2D eigenvalue weighted by Crippen LogP contribution is -2.32. The number of carbonyl (C=O) groups is 3. The summed E-state index contributed by atoms with van der Waals surface area (Å²) in [4.78, 5) is 38.0. The first kappa shape index (κ1) is 51.4. The van der Waals surface area contributed by atoms with Gasteiger partial charge in [-0.1, -0.05) is 30.6 Å².